The Morgan fingerprint density at radius 3 is 2.82 bits per heavy atom. The summed E-state index contributed by atoms with van der Waals surface area (Å²) in [5, 5.41) is 12.9. The van der Waals surface area contributed by atoms with Crippen LogP contribution in [-0.2, 0) is 14.4 Å². The molecule has 1 rings (SSSR count). The van der Waals surface area contributed by atoms with E-state index in [2.05, 4.69) is 10.6 Å². The number of piperidine rings is 1. The van der Waals surface area contributed by atoms with E-state index in [0.29, 0.717) is 19.4 Å². The van der Waals surface area contributed by atoms with Gasteiger partial charge in [-0.1, -0.05) is 0 Å². The Morgan fingerprint density at radius 2 is 2.24 bits per heavy atom. The molecule has 1 aliphatic heterocycles. The van der Waals surface area contributed by atoms with Crippen molar-refractivity contribution in [3.05, 3.63) is 0 Å². The minimum atomic E-state index is -0.828. The number of likely N-dealkylation sites (tertiary alicyclic amines) is 1. The highest BCUT2D eigenvalue weighted by Gasteiger charge is 2.25. The average Bonchev–Trinajstić information content (AvgIpc) is 2.30. The molecule has 0 aromatic heterocycles. The van der Waals surface area contributed by atoms with Gasteiger partial charge in [-0.25, -0.2) is 0 Å². The van der Waals surface area contributed by atoms with Crippen LogP contribution in [0.3, 0.4) is 0 Å². The minimum absolute atomic E-state index is 0.0319. The fourth-order valence-electron chi connectivity index (χ4n) is 1.58. The average molecular weight is 238 g/mol. The first-order chi connectivity index (χ1) is 8.04. The van der Waals surface area contributed by atoms with Crippen molar-refractivity contribution in [3.8, 4) is 6.07 Å². The van der Waals surface area contributed by atoms with Crippen LogP contribution in [0.4, 0.5) is 0 Å². The molecule has 1 saturated heterocycles. The van der Waals surface area contributed by atoms with Gasteiger partial charge in [0.2, 0.25) is 5.91 Å². The molecule has 1 unspecified atom stereocenters. The van der Waals surface area contributed by atoms with Crippen molar-refractivity contribution in [2.24, 2.45) is 0 Å². The number of carbonyl (C=O) groups is 3. The van der Waals surface area contributed by atoms with Crippen LogP contribution in [0, 0.1) is 11.3 Å². The summed E-state index contributed by atoms with van der Waals surface area (Å²) in [6.45, 7) is 0.200. The number of nitrogens with one attached hydrogen (secondary N) is 2. The van der Waals surface area contributed by atoms with Gasteiger partial charge in [0.1, 0.15) is 6.54 Å². The van der Waals surface area contributed by atoms with Crippen LogP contribution in [0.5, 0.6) is 0 Å². The van der Waals surface area contributed by atoms with E-state index in [-0.39, 0.29) is 18.5 Å². The Morgan fingerprint density at radius 1 is 1.53 bits per heavy atom. The van der Waals surface area contributed by atoms with E-state index in [1.165, 1.54) is 4.90 Å². The lowest BCUT2D eigenvalue weighted by Gasteiger charge is -2.29. The largest absolute Gasteiger partial charge is 0.344 e. The summed E-state index contributed by atoms with van der Waals surface area (Å²) in [6.07, 6.45) is 0.891. The van der Waals surface area contributed by atoms with Crippen LogP contribution in [0.2, 0.25) is 0 Å². The Bertz CT molecular complexity index is 374. The molecule has 1 heterocycles. The van der Waals surface area contributed by atoms with Crippen LogP contribution in [0.15, 0.2) is 0 Å². The molecule has 0 aromatic carbocycles. The second kappa shape index (κ2) is 5.84. The van der Waals surface area contributed by atoms with Crippen LogP contribution in [0.1, 0.15) is 12.8 Å². The molecule has 17 heavy (non-hydrogen) atoms. The molecule has 1 aliphatic rings. The third-order valence-electron chi connectivity index (χ3n) is 2.50. The Kier molecular flexibility index (Phi) is 4.46. The fraction of sp³-hybridized carbons (Fsp3) is 0.600. The number of hydrogen-bond acceptors (Lipinski definition) is 4. The maximum Gasteiger partial charge on any atom is 0.310 e. The summed E-state index contributed by atoms with van der Waals surface area (Å²) in [5.41, 5.74) is 0. The predicted molar refractivity (Wildman–Crippen MR) is 57.4 cm³/mol. The van der Waals surface area contributed by atoms with E-state index in [1.807, 2.05) is 0 Å². The molecule has 92 valence electrons. The molecule has 0 radical (unpaired) electrons. The summed E-state index contributed by atoms with van der Waals surface area (Å²) in [6, 6.07) is 1.49. The van der Waals surface area contributed by atoms with E-state index < -0.39 is 11.8 Å². The summed E-state index contributed by atoms with van der Waals surface area (Å²) < 4.78 is 0. The Labute approximate surface area is 98.8 Å². The third kappa shape index (κ3) is 3.75. The zero-order valence-corrected chi connectivity index (χ0v) is 9.52. The molecular weight excluding hydrogens is 224 g/mol. The molecule has 0 spiro atoms. The van der Waals surface area contributed by atoms with Gasteiger partial charge in [0.05, 0.1) is 6.07 Å². The molecule has 7 heteroatoms. The van der Waals surface area contributed by atoms with E-state index in [9.17, 15) is 14.4 Å². The molecule has 0 saturated carbocycles. The van der Waals surface area contributed by atoms with Crippen molar-refractivity contribution in [1.82, 2.24) is 15.5 Å². The van der Waals surface area contributed by atoms with Crippen molar-refractivity contribution in [3.63, 3.8) is 0 Å². The lowest BCUT2D eigenvalue weighted by molar-refractivity contribution is -0.140. The van der Waals surface area contributed by atoms with Gasteiger partial charge in [-0.2, -0.15) is 5.26 Å². The van der Waals surface area contributed by atoms with Gasteiger partial charge in [-0.15, -0.1) is 0 Å². The van der Waals surface area contributed by atoms with Crippen LogP contribution in [0.25, 0.3) is 0 Å². The SMILES string of the molecule is CN1CC(NC(=O)C(=O)NCC#N)CCC1=O. The van der Waals surface area contributed by atoms with E-state index in [4.69, 9.17) is 5.26 Å². The molecular formula is C10H14N4O3. The van der Waals surface area contributed by atoms with Gasteiger partial charge < -0.3 is 15.5 Å². The molecule has 0 aromatic rings. The van der Waals surface area contributed by atoms with Crippen molar-refractivity contribution < 1.29 is 14.4 Å². The molecule has 1 atom stereocenters. The zero-order chi connectivity index (χ0) is 12.8. The number of likely N-dealkylation sites (N-methyl/N-ethyl adjacent to an activating group) is 1. The van der Waals surface area contributed by atoms with Crippen molar-refractivity contribution >= 4 is 17.7 Å². The number of carbonyl (C=O) groups excluding carboxylic acids is 3. The first-order valence-electron chi connectivity index (χ1n) is 5.24. The molecule has 0 aliphatic carbocycles. The molecule has 7 nitrogen and oxygen atoms in total. The van der Waals surface area contributed by atoms with Crippen molar-refractivity contribution in [1.29, 1.82) is 5.26 Å². The lowest BCUT2D eigenvalue weighted by Crippen LogP contribution is -2.51. The molecule has 3 amide bonds. The van der Waals surface area contributed by atoms with Gasteiger partial charge in [0.25, 0.3) is 0 Å². The van der Waals surface area contributed by atoms with Crippen LogP contribution >= 0.6 is 0 Å². The number of hydrogen-bond donors (Lipinski definition) is 2. The second-order valence-electron chi connectivity index (χ2n) is 3.82. The van der Waals surface area contributed by atoms with Crippen molar-refractivity contribution in [2.75, 3.05) is 20.1 Å². The monoisotopic (exact) mass is 238 g/mol. The first kappa shape index (κ1) is 13.0. The first-order valence-corrected chi connectivity index (χ1v) is 5.24. The number of nitriles is 1. The quantitative estimate of drug-likeness (QED) is 0.445. The number of amides is 3. The van der Waals surface area contributed by atoms with Gasteiger partial charge in [0, 0.05) is 26.1 Å². The van der Waals surface area contributed by atoms with Gasteiger partial charge in [0.15, 0.2) is 0 Å². The van der Waals surface area contributed by atoms with E-state index in [0.717, 1.165) is 0 Å². The predicted octanol–water partition coefficient (Wildman–Crippen LogP) is -1.64. The molecule has 1 fully saturated rings. The maximum atomic E-state index is 11.4. The summed E-state index contributed by atoms with van der Waals surface area (Å²) in [4.78, 5) is 35.3. The number of rotatable bonds is 2. The Hall–Kier alpha value is -2.10. The summed E-state index contributed by atoms with van der Waals surface area (Å²) in [5.74, 6) is -1.57. The number of nitrogens with zero attached hydrogens (tertiary/aromatic N) is 2. The smallest absolute Gasteiger partial charge is 0.310 e. The van der Waals surface area contributed by atoms with Crippen LogP contribution in [-0.4, -0.2) is 48.8 Å². The third-order valence-corrected chi connectivity index (χ3v) is 2.50. The van der Waals surface area contributed by atoms with Crippen molar-refractivity contribution in [2.45, 2.75) is 18.9 Å². The second-order valence-corrected chi connectivity index (χ2v) is 3.82. The van der Waals surface area contributed by atoms with Gasteiger partial charge >= 0.3 is 11.8 Å². The normalized spacial score (nSPS) is 19.4. The molecule has 2 N–H and O–H groups in total. The zero-order valence-electron chi connectivity index (χ0n) is 9.52. The molecule has 0 bridgehead atoms. The van der Waals surface area contributed by atoms with Gasteiger partial charge in [-0.3, -0.25) is 14.4 Å². The Balaban J connectivity index is 2.39. The minimum Gasteiger partial charge on any atom is -0.344 e. The van der Waals surface area contributed by atoms with Gasteiger partial charge in [-0.05, 0) is 6.42 Å². The highest BCUT2D eigenvalue weighted by atomic mass is 16.2. The fourth-order valence-corrected chi connectivity index (χ4v) is 1.58. The lowest BCUT2D eigenvalue weighted by atomic mass is 10.1. The summed E-state index contributed by atoms with van der Waals surface area (Å²) in [7, 11) is 1.65. The topological polar surface area (TPSA) is 102 Å². The van der Waals surface area contributed by atoms with Crippen LogP contribution < -0.4 is 10.6 Å². The highest BCUT2D eigenvalue weighted by molar-refractivity contribution is 6.35. The maximum absolute atomic E-state index is 11.4. The summed E-state index contributed by atoms with van der Waals surface area (Å²) >= 11 is 0. The van der Waals surface area contributed by atoms with E-state index >= 15 is 0 Å². The van der Waals surface area contributed by atoms with E-state index in [1.54, 1.807) is 13.1 Å². The highest BCUT2D eigenvalue weighted by Crippen LogP contribution is 2.09. The standard InChI is InChI=1S/C10H14N4O3/c1-14-6-7(2-3-8(14)15)13-10(17)9(16)12-5-4-11/h7H,2-3,5-6H2,1H3,(H,12,16)(H,13,17).